The van der Waals surface area contributed by atoms with Crippen LogP contribution in [0.2, 0.25) is 0 Å². The number of aliphatic hydroxyl groups is 1. The molecule has 1 saturated carbocycles. The van der Waals surface area contributed by atoms with Gasteiger partial charge in [0.1, 0.15) is 5.84 Å². The molecule has 0 aromatic rings. The Kier molecular flexibility index (Phi) is 8.64. The van der Waals surface area contributed by atoms with Crippen LogP contribution in [-0.4, -0.2) is 53.3 Å². The van der Waals surface area contributed by atoms with Crippen LogP contribution >= 0.6 is 0 Å². The van der Waals surface area contributed by atoms with Crippen molar-refractivity contribution in [3.8, 4) is 0 Å². The molecule has 0 amide bonds. The minimum Gasteiger partial charge on any atom is -0.390 e. The first-order valence-corrected chi connectivity index (χ1v) is 9.31. The predicted molar refractivity (Wildman–Crippen MR) is 93.9 cm³/mol. The summed E-state index contributed by atoms with van der Waals surface area (Å²) in [5, 5.41) is 19.4. The molecular weight excluding hydrogens is 290 g/mol. The van der Waals surface area contributed by atoms with Crippen LogP contribution in [0.15, 0.2) is 17.1 Å². The molecule has 3 N–H and O–H groups in total. The zero-order chi connectivity index (χ0) is 16.3. The van der Waals surface area contributed by atoms with Crippen LogP contribution in [0.25, 0.3) is 0 Å². The van der Waals surface area contributed by atoms with Crippen molar-refractivity contribution in [2.45, 2.75) is 63.9 Å². The minimum atomic E-state index is -0.473. The number of hydrogen-bond donors (Lipinski definition) is 3. The van der Waals surface area contributed by atoms with Gasteiger partial charge in [-0.25, -0.2) is 0 Å². The topological polar surface area (TPSA) is 68.1 Å². The van der Waals surface area contributed by atoms with Crippen LogP contribution in [0, 0.1) is 5.92 Å². The van der Waals surface area contributed by atoms with Crippen molar-refractivity contribution in [1.29, 1.82) is 0 Å². The Morgan fingerprint density at radius 1 is 1.09 bits per heavy atom. The summed E-state index contributed by atoms with van der Waals surface area (Å²) in [6.45, 7) is 3.16. The number of hydrogen-bond acceptors (Lipinski definition) is 4. The minimum absolute atomic E-state index is 0.328. The first-order chi connectivity index (χ1) is 11.3. The van der Waals surface area contributed by atoms with Crippen LogP contribution in [-0.2, 0) is 0 Å². The van der Waals surface area contributed by atoms with Gasteiger partial charge in [-0.3, -0.25) is 15.7 Å². The first-order valence-electron chi connectivity index (χ1n) is 9.31. The Morgan fingerprint density at radius 2 is 1.74 bits per heavy atom. The molecule has 1 unspecified atom stereocenters. The van der Waals surface area contributed by atoms with E-state index < -0.39 is 6.10 Å². The van der Waals surface area contributed by atoms with Gasteiger partial charge in [0.05, 0.1) is 12.6 Å². The van der Waals surface area contributed by atoms with Crippen LogP contribution in [0.3, 0.4) is 0 Å². The first kappa shape index (κ1) is 18.4. The highest BCUT2D eigenvalue weighted by atomic mass is 16.5. The van der Waals surface area contributed by atoms with Crippen LogP contribution < -0.4 is 5.48 Å². The van der Waals surface area contributed by atoms with E-state index >= 15 is 0 Å². The second kappa shape index (κ2) is 10.8. The Bertz CT molecular complexity index is 370. The van der Waals surface area contributed by atoms with E-state index in [-0.39, 0.29) is 0 Å². The third kappa shape index (κ3) is 7.46. The van der Waals surface area contributed by atoms with Crippen molar-refractivity contribution in [2.24, 2.45) is 10.9 Å². The Labute approximate surface area is 140 Å². The number of hydroxylamine groups is 1. The highest BCUT2D eigenvalue weighted by Gasteiger charge is 2.14. The molecule has 23 heavy (non-hydrogen) atoms. The standard InChI is InChI=1S/C18H33N3O2/c22-17(15-21-12-6-1-2-7-13-21)14-19-18(20-23)11-10-16-8-4-3-5-9-16/h10-11,16-17,22-23H,1-9,12-15H2,(H,19,20)/b11-10+. The summed E-state index contributed by atoms with van der Waals surface area (Å²) in [5.41, 5.74) is 2.15. The highest BCUT2D eigenvalue weighted by molar-refractivity contribution is 5.91. The third-order valence-electron chi connectivity index (χ3n) is 4.93. The van der Waals surface area contributed by atoms with Gasteiger partial charge in [-0.1, -0.05) is 38.2 Å². The van der Waals surface area contributed by atoms with Crippen molar-refractivity contribution in [2.75, 3.05) is 26.2 Å². The number of likely N-dealkylation sites (tertiary alicyclic amines) is 1. The molecule has 5 heteroatoms. The monoisotopic (exact) mass is 323 g/mol. The summed E-state index contributed by atoms with van der Waals surface area (Å²) in [7, 11) is 0. The van der Waals surface area contributed by atoms with Crippen molar-refractivity contribution in [3.05, 3.63) is 12.2 Å². The molecule has 5 nitrogen and oxygen atoms in total. The molecule has 2 aliphatic rings. The molecule has 0 aromatic heterocycles. The summed E-state index contributed by atoms with van der Waals surface area (Å²) in [6.07, 6.45) is 15.0. The normalized spacial score (nSPS) is 23.8. The van der Waals surface area contributed by atoms with E-state index in [1.165, 1.54) is 57.8 Å². The SMILES string of the molecule is ONC(/C=C/C1CCCCC1)=NCC(O)CN1CCCCCC1. The molecule has 1 aliphatic heterocycles. The van der Waals surface area contributed by atoms with Crippen molar-refractivity contribution < 1.29 is 10.3 Å². The molecule has 1 heterocycles. The van der Waals surface area contributed by atoms with Gasteiger partial charge in [-0.15, -0.1) is 0 Å². The fourth-order valence-electron chi connectivity index (χ4n) is 3.56. The maximum Gasteiger partial charge on any atom is 0.144 e. The molecular formula is C18H33N3O2. The van der Waals surface area contributed by atoms with E-state index in [0.717, 1.165) is 13.1 Å². The fraction of sp³-hybridized carbons (Fsp3) is 0.833. The summed E-state index contributed by atoms with van der Waals surface area (Å²) < 4.78 is 0. The molecule has 132 valence electrons. The summed E-state index contributed by atoms with van der Waals surface area (Å²) >= 11 is 0. The molecule has 0 aromatic carbocycles. The Morgan fingerprint density at radius 3 is 2.39 bits per heavy atom. The number of β-amino-alcohol motifs (C(OH)–C–C–N with tert-alkyl or cyclic N) is 1. The smallest absolute Gasteiger partial charge is 0.144 e. The van der Waals surface area contributed by atoms with Gasteiger partial charge >= 0.3 is 0 Å². The molecule has 0 radical (unpaired) electrons. The summed E-state index contributed by atoms with van der Waals surface area (Å²) in [4.78, 5) is 6.64. The zero-order valence-corrected chi connectivity index (χ0v) is 14.3. The average Bonchev–Trinajstić information content (AvgIpc) is 2.84. The Balaban J connectivity index is 1.74. The van der Waals surface area contributed by atoms with E-state index in [9.17, 15) is 10.3 Å². The molecule has 0 bridgehead atoms. The predicted octanol–water partition coefficient (Wildman–Crippen LogP) is 2.74. The summed E-state index contributed by atoms with van der Waals surface area (Å²) in [6, 6.07) is 0. The van der Waals surface area contributed by atoms with Crippen molar-refractivity contribution >= 4 is 5.84 Å². The van der Waals surface area contributed by atoms with E-state index in [0.29, 0.717) is 24.8 Å². The molecule has 2 rings (SSSR count). The number of aliphatic hydroxyl groups excluding tert-OH is 1. The molecule has 0 spiro atoms. The van der Waals surface area contributed by atoms with E-state index in [2.05, 4.69) is 21.4 Å². The van der Waals surface area contributed by atoms with E-state index in [1.54, 1.807) is 0 Å². The summed E-state index contributed by atoms with van der Waals surface area (Å²) in [5.74, 6) is 1.05. The number of amidine groups is 1. The van der Waals surface area contributed by atoms with Gasteiger partial charge in [-0.2, -0.15) is 0 Å². The number of aliphatic imine (C=N–C) groups is 1. The van der Waals surface area contributed by atoms with Crippen molar-refractivity contribution in [3.63, 3.8) is 0 Å². The van der Waals surface area contributed by atoms with E-state index in [4.69, 9.17) is 0 Å². The van der Waals surface area contributed by atoms with Gasteiger partial charge in [0.15, 0.2) is 0 Å². The van der Waals surface area contributed by atoms with Crippen LogP contribution in [0.4, 0.5) is 0 Å². The average molecular weight is 323 g/mol. The number of rotatable bonds is 6. The van der Waals surface area contributed by atoms with Gasteiger partial charge in [0.2, 0.25) is 0 Å². The van der Waals surface area contributed by atoms with Crippen LogP contribution in [0.1, 0.15) is 57.8 Å². The lowest BCUT2D eigenvalue weighted by molar-refractivity contribution is 0.120. The molecule has 1 aliphatic carbocycles. The second-order valence-corrected chi connectivity index (χ2v) is 6.96. The highest BCUT2D eigenvalue weighted by Crippen LogP contribution is 2.24. The van der Waals surface area contributed by atoms with Gasteiger partial charge < -0.3 is 10.0 Å². The maximum absolute atomic E-state index is 10.2. The molecule has 1 saturated heterocycles. The lowest BCUT2D eigenvalue weighted by atomic mass is 9.89. The quantitative estimate of drug-likeness (QED) is 0.399. The number of nitrogens with one attached hydrogen (secondary N) is 1. The Hall–Kier alpha value is -0.910. The maximum atomic E-state index is 10.2. The second-order valence-electron chi connectivity index (χ2n) is 6.96. The zero-order valence-electron chi connectivity index (χ0n) is 14.3. The lowest BCUT2D eigenvalue weighted by Gasteiger charge is -2.22. The van der Waals surface area contributed by atoms with Gasteiger partial charge in [0.25, 0.3) is 0 Å². The number of nitrogens with zero attached hydrogens (tertiary/aromatic N) is 2. The molecule has 2 fully saturated rings. The molecule has 1 atom stereocenters. The van der Waals surface area contributed by atoms with Gasteiger partial charge in [0, 0.05) is 6.54 Å². The lowest BCUT2D eigenvalue weighted by Crippen LogP contribution is -2.35. The van der Waals surface area contributed by atoms with Crippen molar-refractivity contribution in [1.82, 2.24) is 10.4 Å². The van der Waals surface area contributed by atoms with Gasteiger partial charge in [-0.05, 0) is 50.8 Å². The fourth-order valence-corrected chi connectivity index (χ4v) is 3.56. The third-order valence-corrected chi connectivity index (χ3v) is 4.93. The van der Waals surface area contributed by atoms with Crippen LogP contribution in [0.5, 0.6) is 0 Å². The number of allylic oxidation sites excluding steroid dienone is 1. The van der Waals surface area contributed by atoms with E-state index in [1.807, 2.05) is 6.08 Å². The largest absolute Gasteiger partial charge is 0.390 e.